The molecule has 43 heavy (non-hydrogen) atoms. The van der Waals surface area contributed by atoms with Gasteiger partial charge in [-0.3, -0.25) is 19.6 Å². The standard InChI is InChI=1S/C28H35F3N6O5S/c1-3-42-23(38)17-43(40,41)35-19-15-20(29)24(21(16-19)36-10-6-27(4-5-27)7-11-36)25(39)34-26-32-18(2)14-22(33-26)37-12-8-28(30,31)9-13-37/h14-16,35H,3-13,17H2,1-2H3,(H,32,33,34,39). The highest BCUT2D eigenvalue weighted by Crippen LogP contribution is 2.54. The molecule has 3 aliphatic rings. The second-order valence-corrected chi connectivity index (χ2v) is 13.2. The van der Waals surface area contributed by atoms with Gasteiger partial charge < -0.3 is 14.5 Å². The van der Waals surface area contributed by atoms with Crippen molar-refractivity contribution < 1.29 is 35.9 Å². The van der Waals surface area contributed by atoms with Crippen LogP contribution in [0.15, 0.2) is 18.2 Å². The highest BCUT2D eigenvalue weighted by molar-refractivity contribution is 7.93. The van der Waals surface area contributed by atoms with Gasteiger partial charge in [-0.25, -0.2) is 26.6 Å². The van der Waals surface area contributed by atoms with Gasteiger partial charge in [0.1, 0.15) is 11.6 Å². The number of nitrogens with one attached hydrogen (secondary N) is 2. The number of ether oxygens (including phenoxy) is 1. The number of piperidine rings is 2. The van der Waals surface area contributed by atoms with E-state index >= 15 is 4.39 Å². The third-order valence-electron chi connectivity index (χ3n) is 8.19. The van der Waals surface area contributed by atoms with Crippen LogP contribution < -0.4 is 19.8 Å². The molecule has 15 heteroatoms. The van der Waals surface area contributed by atoms with Gasteiger partial charge in [0.15, 0.2) is 5.75 Å². The predicted molar refractivity (Wildman–Crippen MR) is 155 cm³/mol. The molecule has 3 heterocycles. The van der Waals surface area contributed by atoms with Crippen molar-refractivity contribution in [1.82, 2.24) is 9.97 Å². The van der Waals surface area contributed by atoms with Gasteiger partial charge in [-0.1, -0.05) is 0 Å². The molecule has 1 aromatic carbocycles. The number of amides is 1. The molecule has 2 saturated heterocycles. The molecule has 234 valence electrons. The lowest BCUT2D eigenvalue weighted by Gasteiger charge is -2.35. The molecule has 0 bridgehead atoms. The number of hydrogen-bond acceptors (Lipinski definition) is 9. The second-order valence-electron chi connectivity index (χ2n) is 11.5. The Morgan fingerprint density at radius 1 is 0.977 bits per heavy atom. The summed E-state index contributed by atoms with van der Waals surface area (Å²) < 4.78 is 75.2. The third-order valence-corrected chi connectivity index (χ3v) is 9.35. The first-order valence-electron chi connectivity index (χ1n) is 14.3. The first-order chi connectivity index (χ1) is 20.3. The molecule has 11 nitrogen and oxygen atoms in total. The molecular weight excluding hydrogens is 589 g/mol. The highest BCUT2D eigenvalue weighted by Gasteiger charge is 2.45. The number of aryl methyl sites for hydroxylation is 1. The summed E-state index contributed by atoms with van der Waals surface area (Å²) in [5.74, 6) is -6.21. The molecule has 1 aliphatic carbocycles. The van der Waals surface area contributed by atoms with Crippen molar-refractivity contribution in [2.45, 2.75) is 58.3 Å². The van der Waals surface area contributed by atoms with Crippen molar-refractivity contribution in [3.05, 3.63) is 35.3 Å². The fourth-order valence-electron chi connectivity index (χ4n) is 5.59. The van der Waals surface area contributed by atoms with Gasteiger partial charge in [0.2, 0.25) is 16.0 Å². The molecule has 2 aromatic rings. The number of alkyl halides is 2. The molecule has 1 amide bonds. The summed E-state index contributed by atoms with van der Waals surface area (Å²) in [6, 6.07) is 3.88. The van der Waals surface area contributed by atoms with E-state index in [4.69, 9.17) is 4.74 Å². The van der Waals surface area contributed by atoms with Gasteiger partial charge in [-0.05, 0) is 57.1 Å². The van der Waals surface area contributed by atoms with Gasteiger partial charge in [0, 0.05) is 50.8 Å². The van der Waals surface area contributed by atoms with Crippen molar-refractivity contribution in [2.24, 2.45) is 5.41 Å². The van der Waals surface area contributed by atoms with Gasteiger partial charge in [-0.15, -0.1) is 0 Å². The van der Waals surface area contributed by atoms with Crippen LogP contribution in [0, 0.1) is 18.2 Å². The number of carbonyl (C=O) groups is 2. The predicted octanol–water partition coefficient (Wildman–Crippen LogP) is 4.10. The van der Waals surface area contributed by atoms with Crippen LogP contribution in [-0.2, 0) is 19.6 Å². The molecule has 0 radical (unpaired) electrons. The molecule has 0 unspecified atom stereocenters. The highest BCUT2D eigenvalue weighted by atomic mass is 32.2. The van der Waals surface area contributed by atoms with E-state index in [1.807, 2.05) is 4.90 Å². The zero-order valence-electron chi connectivity index (χ0n) is 24.1. The maximum absolute atomic E-state index is 15.7. The molecular formula is C28H35F3N6O5S. The number of sulfonamides is 1. The van der Waals surface area contributed by atoms with Crippen LogP contribution in [-0.4, -0.2) is 74.7 Å². The lowest BCUT2D eigenvalue weighted by atomic mass is 9.93. The molecule has 0 atom stereocenters. The molecule has 5 rings (SSSR count). The van der Waals surface area contributed by atoms with E-state index in [0.29, 0.717) is 24.6 Å². The van der Waals surface area contributed by atoms with Gasteiger partial charge in [0.05, 0.1) is 23.5 Å². The van der Waals surface area contributed by atoms with E-state index in [1.54, 1.807) is 24.8 Å². The Bertz CT molecular complexity index is 1500. The van der Waals surface area contributed by atoms with Gasteiger partial charge in [-0.2, -0.15) is 4.98 Å². The number of aromatic nitrogens is 2. The van der Waals surface area contributed by atoms with Crippen LogP contribution in [0.1, 0.15) is 61.5 Å². The minimum atomic E-state index is -4.22. The number of esters is 1. The van der Waals surface area contributed by atoms with Crippen LogP contribution in [0.5, 0.6) is 0 Å². The average molecular weight is 625 g/mol. The van der Waals surface area contributed by atoms with Crippen molar-refractivity contribution in [3.8, 4) is 0 Å². The van der Waals surface area contributed by atoms with E-state index in [0.717, 1.165) is 31.7 Å². The molecule has 2 aliphatic heterocycles. The van der Waals surface area contributed by atoms with Crippen LogP contribution >= 0.6 is 0 Å². The number of halogens is 3. The fraction of sp³-hybridized carbons (Fsp3) is 0.571. The Morgan fingerprint density at radius 2 is 1.63 bits per heavy atom. The molecule has 2 N–H and O–H groups in total. The van der Waals surface area contributed by atoms with Crippen LogP contribution in [0.25, 0.3) is 0 Å². The maximum atomic E-state index is 15.7. The summed E-state index contributed by atoms with van der Waals surface area (Å²) in [6.45, 7) is 4.48. The normalized spacial score (nSPS) is 19.2. The van der Waals surface area contributed by atoms with Crippen molar-refractivity contribution in [2.75, 3.05) is 58.4 Å². The second kappa shape index (κ2) is 11.8. The van der Waals surface area contributed by atoms with Crippen molar-refractivity contribution in [3.63, 3.8) is 0 Å². The van der Waals surface area contributed by atoms with Crippen molar-refractivity contribution in [1.29, 1.82) is 0 Å². The number of hydrogen-bond donors (Lipinski definition) is 2. The van der Waals surface area contributed by atoms with E-state index in [-0.39, 0.29) is 60.8 Å². The minimum Gasteiger partial charge on any atom is -0.465 e. The number of anilines is 4. The summed E-state index contributed by atoms with van der Waals surface area (Å²) in [5, 5.41) is 2.55. The van der Waals surface area contributed by atoms with Crippen molar-refractivity contribution >= 4 is 45.0 Å². The van der Waals surface area contributed by atoms with E-state index in [2.05, 4.69) is 20.0 Å². The maximum Gasteiger partial charge on any atom is 0.323 e. The van der Waals surface area contributed by atoms with Crippen LogP contribution in [0.2, 0.25) is 0 Å². The molecule has 1 spiro atoms. The summed E-state index contributed by atoms with van der Waals surface area (Å²) in [4.78, 5) is 37.5. The Labute approximate surface area is 248 Å². The van der Waals surface area contributed by atoms with Crippen LogP contribution in [0.4, 0.5) is 36.3 Å². The smallest absolute Gasteiger partial charge is 0.323 e. The monoisotopic (exact) mass is 624 g/mol. The topological polar surface area (TPSA) is 134 Å². The zero-order valence-corrected chi connectivity index (χ0v) is 24.9. The van der Waals surface area contributed by atoms with Crippen LogP contribution in [0.3, 0.4) is 0 Å². The first kappa shape index (κ1) is 30.8. The summed E-state index contributed by atoms with van der Waals surface area (Å²) >= 11 is 0. The Kier molecular flexibility index (Phi) is 8.47. The fourth-order valence-corrected chi connectivity index (χ4v) is 6.54. The lowest BCUT2D eigenvalue weighted by Crippen LogP contribution is -2.40. The minimum absolute atomic E-state index is 0.00745. The summed E-state index contributed by atoms with van der Waals surface area (Å²) in [6.07, 6.45) is 3.32. The summed E-state index contributed by atoms with van der Waals surface area (Å²) in [7, 11) is -4.22. The lowest BCUT2D eigenvalue weighted by molar-refractivity contribution is -0.139. The zero-order chi connectivity index (χ0) is 31.0. The average Bonchev–Trinajstić information content (AvgIpc) is 3.66. The first-order valence-corrected chi connectivity index (χ1v) is 16.0. The Balaban J connectivity index is 1.41. The van der Waals surface area contributed by atoms with E-state index < -0.39 is 39.4 Å². The largest absolute Gasteiger partial charge is 0.465 e. The number of benzene rings is 1. The third kappa shape index (κ3) is 7.48. The summed E-state index contributed by atoms with van der Waals surface area (Å²) in [5.41, 5.74) is 0.490. The van der Waals surface area contributed by atoms with E-state index in [9.17, 15) is 26.8 Å². The molecule has 3 fully saturated rings. The molecule has 1 aromatic heterocycles. The Morgan fingerprint density at radius 3 is 2.26 bits per heavy atom. The molecule has 1 saturated carbocycles. The number of carbonyl (C=O) groups excluding carboxylic acids is 2. The Hall–Kier alpha value is -3.62. The van der Waals surface area contributed by atoms with Gasteiger partial charge >= 0.3 is 5.97 Å². The quantitative estimate of drug-likeness (QED) is 0.396. The van der Waals surface area contributed by atoms with E-state index in [1.165, 1.54) is 6.07 Å². The number of nitrogens with zero attached hydrogens (tertiary/aromatic N) is 4. The van der Waals surface area contributed by atoms with Gasteiger partial charge in [0.25, 0.3) is 11.8 Å². The SMILES string of the molecule is CCOC(=O)CS(=O)(=O)Nc1cc(F)c(C(=O)Nc2nc(C)cc(N3CCC(F)(F)CC3)n2)c(N2CCC3(CC2)CC3)c1. The number of rotatable bonds is 9.